The summed E-state index contributed by atoms with van der Waals surface area (Å²) in [7, 11) is 1.42. The molecular formula is C35H40N4O3. The summed E-state index contributed by atoms with van der Waals surface area (Å²) < 4.78 is 4.97. The minimum absolute atomic E-state index is 0.0104. The molecule has 0 spiro atoms. The van der Waals surface area contributed by atoms with E-state index >= 15 is 0 Å². The van der Waals surface area contributed by atoms with Gasteiger partial charge in [-0.15, -0.1) is 0 Å². The van der Waals surface area contributed by atoms with Crippen molar-refractivity contribution in [2.75, 3.05) is 7.11 Å². The van der Waals surface area contributed by atoms with Crippen LogP contribution in [0.2, 0.25) is 0 Å². The first-order valence-electron chi connectivity index (χ1n) is 15.1. The van der Waals surface area contributed by atoms with Crippen molar-refractivity contribution in [2.45, 2.75) is 90.9 Å². The van der Waals surface area contributed by atoms with Gasteiger partial charge in [-0.2, -0.15) is 0 Å². The fourth-order valence-electron chi connectivity index (χ4n) is 7.16. The van der Waals surface area contributed by atoms with E-state index in [0.29, 0.717) is 19.3 Å². The van der Waals surface area contributed by atoms with Gasteiger partial charge in [0.25, 0.3) is 0 Å². The van der Waals surface area contributed by atoms with Crippen LogP contribution in [0, 0.1) is 13.8 Å². The van der Waals surface area contributed by atoms with Gasteiger partial charge in [-0.3, -0.25) is 19.6 Å². The zero-order valence-corrected chi connectivity index (χ0v) is 25.7. The smallest absolute Gasteiger partial charge is 0.305 e. The minimum Gasteiger partial charge on any atom is -0.469 e. The summed E-state index contributed by atoms with van der Waals surface area (Å²) in [5, 5.41) is 0. The molecule has 8 bridgehead atoms. The molecule has 3 atom stereocenters. The van der Waals surface area contributed by atoms with Gasteiger partial charge >= 0.3 is 5.97 Å². The number of rotatable bonds is 5. The number of ether oxygens (including phenoxy) is 1. The van der Waals surface area contributed by atoms with Crippen LogP contribution in [-0.4, -0.2) is 38.8 Å². The lowest BCUT2D eigenvalue weighted by Gasteiger charge is -2.23. The maximum absolute atomic E-state index is 13.5. The number of ketones is 1. The maximum Gasteiger partial charge on any atom is 0.305 e. The van der Waals surface area contributed by atoms with Gasteiger partial charge < -0.3 is 14.7 Å². The van der Waals surface area contributed by atoms with Crippen LogP contribution in [0.15, 0.2) is 24.8 Å². The molecule has 0 radical (unpaired) electrons. The maximum atomic E-state index is 13.5. The van der Waals surface area contributed by atoms with Crippen LogP contribution >= 0.6 is 0 Å². The molecule has 2 N–H and O–H groups in total. The number of carbonyl (C=O) groups excluding carboxylic acids is 2. The van der Waals surface area contributed by atoms with Crippen LogP contribution in [0.4, 0.5) is 0 Å². The molecule has 218 valence electrons. The molecule has 0 aromatic carbocycles. The van der Waals surface area contributed by atoms with Gasteiger partial charge in [-0.25, -0.2) is 0 Å². The van der Waals surface area contributed by atoms with E-state index in [1.54, 1.807) is 0 Å². The second-order valence-electron chi connectivity index (χ2n) is 12.3. The van der Waals surface area contributed by atoms with Crippen LogP contribution in [0.1, 0.15) is 114 Å². The third-order valence-electron chi connectivity index (χ3n) is 10.2. The fraction of sp³-hybridized carbons (Fsp3) is 0.429. The highest BCUT2D eigenvalue weighted by Gasteiger charge is 2.38. The van der Waals surface area contributed by atoms with E-state index in [1.165, 1.54) is 18.2 Å². The quantitative estimate of drug-likeness (QED) is 0.313. The third kappa shape index (κ3) is 4.08. The number of methoxy groups -OCH3 is 1. The first-order chi connectivity index (χ1) is 20.0. The van der Waals surface area contributed by atoms with E-state index in [2.05, 4.69) is 63.3 Å². The molecule has 7 heteroatoms. The molecule has 5 heterocycles. The molecule has 0 fully saturated rings. The topological polar surface area (TPSA) is 101 Å². The number of hydrogen-bond donors (Lipinski definition) is 2. The van der Waals surface area contributed by atoms with E-state index in [4.69, 9.17) is 14.7 Å². The monoisotopic (exact) mass is 564 g/mol. The molecule has 0 saturated heterocycles. The van der Waals surface area contributed by atoms with Gasteiger partial charge in [0, 0.05) is 63.5 Å². The van der Waals surface area contributed by atoms with E-state index in [9.17, 15) is 9.59 Å². The molecule has 7 nitrogen and oxygen atoms in total. The summed E-state index contributed by atoms with van der Waals surface area (Å²) in [6.07, 6.45) is 2.95. The van der Waals surface area contributed by atoms with Gasteiger partial charge in [-0.1, -0.05) is 27.4 Å². The number of aromatic nitrogens is 4. The van der Waals surface area contributed by atoms with Crippen LogP contribution < -0.4 is 0 Å². The van der Waals surface area contributed by atoms with Gasteiger partial charge in [-0.05, 0) is 80.5 Å². The fourth-order valence-corrected chi connectivity index (χ4v) is 7.16. The largest absolute Gasteiger partial charge is 0.469 e. The summed E-state index contributed by atoms with van der Waals surface area (Å²) in [4.78, 5) is 43.3. The number of nitrogens with one attached hydrogen (secondary N) is 2. The Morgan fingerprint density at radius 1 is 1.10 bits per heavy atom. The Labute approximate surface area is 246 Å². The molecule has 6 rings (SSSR count). The molecule has 1 unspecified atom stereocenters. The lowest BCUT2D eigenvalue weighted by molar-refractivity contribution is -0.140. The first-order valence-corrected chi connectivity index (χ1v) is 15.1. The Kier molecular flexibility index (Phi) is 6.75. The summed E-state index contributed by atoms with van der Waals surface area (Å²) >= 11 is 0. The van der Waals surface area contributed by atoms with Gasteiger partial charge in [0.05, 0.1) is 29.7 Å². The Bertz CT molecular complexity index is 1840. The number of Topliss-reactive ketones (excluding diaryl/α,β-unsaturated/α-hetero) is 1. The molecule has 1 aliphatic carbocycles. The van der Waals surface area contributed by atoms with Crippen molar-refractivity contribution in [3.63, 3.8) is 0 Å². The average molecular weight is 565 g/mol. The van der Waals surface area contributed by atoms with Crippen molar-refractivity contribution in [1.82, 2.24) is 19.9 Å². The minimum atomic E-state index is -0.301. The van der Waals surface area contributed by atoms with Crippen LogP contribution in [0.25, 0.3) is 27.6 Å². The highest BCUT2D eigenvalue weighted by molar-refractivity contribution is 6.13. The van der Waals surface area contributed by atoms with Crippen LogP contribution in [0.5, 0.6) is 0 Å². The van der Waals surface area contributed by atoms with E-state index < -0.39 is 0 Å². The summed E-state index contributed by atoms with van der Waals surface area (Å²) in [6.45, 7) is 17.4. The van der Waals surface area contributed by atoms with E-state index in [0.717, 1.165) is 79.9 Å². The zero-order chi connectivity index (χ0) is 30.1. The van der Waals surface area contributed by atoms with E-state index in [-0.39, 0.29) is 29.0 Å². The molecule has 42 heavy (non-hydrogen) atoms. The number of aromatic amines is 2. The standard InChI is InChI=1S/C35H40N4O3/c1-9-21-17(3)24-14-25-18(4)22(11-12-31(41)42-8)33(38-25)23-13-29(40)32-19(5)26(39-34(23)32)15-27-20(6)35(7,10-2)30(37-27)16-28(21)36-24/h14-16,18,22,36,39H,6,9-13H2,1-5,7-8H3/t18-,22-,35?/m0/s1. The lowest BCUT2D eigenvalue weighted by Crippen LogP contribution is -2.18. The van der Waals surface area contributed by atoms with Crippen LogP contribution in [-0.2, 0) is 27.8 Å². The summed E-state index contributed by atoms with van der Waals surface area (Å²) in [5.74, 6) is -0.0860. The van der Waals surface area contributed by atoms with Crippen molar-refractivity contribution < 1.29 is 14.3 Å². The number of fused-ring (bicyclic) bond motifs is 8. The normalized spacial score (nSPS) is 21.3. The number of hydrogen-bond acceptors (Lipinski definition) is 5. The second-order valence-corrected chi connectivity index (χ2v) is 12.3. The van der Waals surface area contributed by atoms with Crippen molar-refractivity contribution in [3.05, 3.63) is 75.4 Å². The van der Waals surface area contributed by atoms with Crippen molar-refractivity contribution in [1.29, 1.82) is 0 Å². The van der Waals surface area contributed by atoms with Crippen LogP contribution in [0.3, 0.4) is 0 Å². The second kappa shape index (κ2) is 10.1. The number of aryl methyl sites for hydroxylation is 3. The molecular weight excluding hydrogens is 524 g/mol. The van der Waals surface area contributed by atoms with Crippen molar-refractivity contribution in [2.24, 2.45) is 0 Å². The molecule has 3 aromatic heterocycles. The van der Waals surface area contributed by atoms with Gasteiger partial charge in [0.2, 0.25) is 0 Å². The number of nitrogens with zero attached hydrogens (tertiary/aromatic N) is 2. The Hall–Kier alpha value is -4.00. The number of H-pyrrole nitrogens is 2. The van der Waals surface area contributed by atoms with Crippen molar-refractivity contribution in [3.8, 4) is 0 Å². The summed E-state index contributed by atoms with van der Waals surface area (Å²) in [5.41, 5.74) is 13.2. The Morgan fingerprint density at radius 2 is 1.83 bits per heavy atom. The van der Waals surface area contributed by atoms with Gasteiger partial charge in [0.15, 0.2) is 5.78 Å². The number of allylic oxidation sites excluding steroid dienone is 1. The average Bonchev–Trinajstić information content (AvgIpc) is 3.71. The highest BCUT2D eigenvalue weighted by atomic mass is 16.5. The molecule has 3 aliphatic rings. The SMILES string of the molecule is C=C1c2cc3[nH]c4c(c5nc(cc6[nH]c(cc(n2)C1(C)CC)c(CC)c6C)[C@@H](C)[C@@H]5CCC(=O)OC)CC(=O)c4c3C. The Morgan fingerprint density at radius 3 is 2.52 bits per heavy atom. The molecule has 3 aromatic rings. The third-order valence-corrected chi connectivity index (χ3v) is 10.2. The molecule has 0 amide bonds. The molecule has 2 aliphatic heterocycles. The highest BCUT2D eigenvalue weighted by Crippen LogP contribution is 2.46. The number of carbonyl (C=O) groups is 2. The summed E-state index contributed by atoms with van der Waals surface area (Å²) in [6, 6.07) is 6.40. The first kappa shape index (κ1) is 28.1. The van der Waals surface area contributed by atoms with Gasteiger partial charge in [0.1, 0.15) is 0 Å². The predicted molar refractivity (Wildman–Crippen MR) is 167 cm³/mol. The number of esters is 1. The van der Waals surface area contributed by atoms with E-state index in [1.807, 2.05) is 13.0 Å². The predicted octanol–water partition coefficient (Wildman–Crippen LogP) is 7.45. The lowest BCUT2D eigenvalue weighted by atomic mass is 9.78. The Balaban J connectivity index is 1.74. The van der Waals surface area contributed by atoms with Crippen molar-refractivity contribution >= 4 is 39.4 Å². The molecule has 0 saturated carbocycles. The zero-order valence-electron chi connectivity index (χ0n) is 25.7.